The fraction of sp³-hybridized carbons (Fsp3) is 0.700. The zero-order valence-electron chi connectivity index (χ0n) is 15.0. The van der Waals surface area contributed by atoms with E-state index in [0.717, 1.165) is 57.4 Å². The van der Waals surface area contributed by atoms with E-state index in [1.54, 1.807) is 0 Å². The van der Waals surface area contributed by atoms with Gasteiger partial charge in [0, 0.05) is 24.6 Å². The summed E-state index contributed by atoms with van der Waals surface area (Å²) in [6.45, 7) is 2.50. The van der Waals surface area contributed by atoms with Gasteiger partial charge in [-0.2, -0.15) is 0 Å². The Morgan fingerprint density at radius 3 is 2.40 bits per heavy atom. The highest BCUT2D eigenvalue weighted by molar-refractivity contribution is 5.27. The second kappa shape index (κ2) is 8.99. The molecule has 5 heteroatoms. The van der Waals surface area contributed by atoms with Gasteiger partial charge in [0.2, 0.25) is 0 Å². The highest BCUT2D eigenvalue weighted by Crippen LogP contribution is 2.35. The van der Waals surface area contributed by atoms with Gasteiger partial charge in [-0.1, -0.05) is 12.1 Å². The standard InChI is InChI=1S/C20H31NO4/c22-14-20(15-23)9-7-17(8-10-20)21-12-16-3-5-18(6-4-16)25-13-19-2-1-11-24-19/h3-6,17,19,21-23H,1-2,7-15H2. The average Bonchev–Trinajstić information content (AvgIpc) is 3.20. The Hall–Kier alpha value is -1.14. The first-order valence-electron chi connectivity index (χ1n) is 9.51. The molecule has 1 saturated carbocycles. The van der Waals surface area contributed by atoms with E-state index in [1.807, 2.05) is 12.1 Å². The number of rotatable bonds is 8. The summed E-state index contributed by atoms with van der Waals surface area (Å²) in [6.07, 6.45) is 6.25. The molecule has 3 rings (SSSR count). The van der Waals surface area contributed by atoms with Crippen molar-refractivity contribution in [3.8, 4) is 5.75 Å². The minimum absolute atomic E-state index is 0.0869. The Labute approximate surface area is 150 Å². The molecule has 1 aliphatic carbocycles. The van der Waals surface area contributed by atoms with Gasteiger partial charge in [-0.15, -0.1) is 0 Å². The molecule has 2 aliphatic rings. The van der Waals surface area contributed by atoms with Crippen molar-refractivity contribution in [2.75, 3.05) is 26.4 Å². The minimum Gasteiger partial charge on any atom is -0.491 e. The van der Waals surface area contributed by atoms with Crippen LogP contribution in [0.15, 0.2) is 24.3 Å². The van der Waals surface area contributed by atoms with Crippen LogP contribution in [-0.4, -0.2) is 48.8 Å². The van der Waals surface area contributed by atoms with Crippen LogP contribution in [0.5, 0.6) is 5.75 Å². The molecule has 1 unspecified atom stereocenters. The first-order valence-corrected chi connectivity index (χ1v) is 9.51. The van der Waals surface area contributed by atoms with E-state index in [1.165, 1.54) is 5.56 Å². The lowest BCUT2D eigenvalue weighted by Gasteiger charge is -2.37. The van der Waals surface area contributed by atoms with Gasteiger partial charge in [0.1, 0.15) is 12.4 Å². The van der Waals surface area contributed by atoms with Gasteiger partial charge in [-0.25, -0.2) is 0 Å². The summed E-state index contributed by atoms with van der Waals surface area (Å²) in [5.74, 6) is 0.896. The predicted octanol–water partition coefficient (Wildman–Crippen LogP) is 2.25. The van der Waals surface area contributed by atoms with Crippen LogP contribution in [0.3, 0.4) is 0 Å². The van der Waals surface area contributed by atoms with Crippen molar-refractivity contribution in [3.05, 3.63) is 29.8 Å². The molecular weight excluding hydrogens is 318 g/mol. The van der Waals surface area contributed by atoms with E-state index in [-0.39, 0.29) is 24.7 Å². The number of hydrogen-bond acceptors (Lipinski definition) is 5. The maximum Gasteiger partial charge on any atom is 0.119 e. The van der Waals surface area contributed by atoms with Gasteiger partial charge < -0.3 is 25.0 Å². The van der Waals surface area contributed by atoms with Crippen molar-refractivity contribution in [1.29, 1.82) is 0 Å². The van der Waals surface area contributed by atoms with E-state index >= 15 is 0 Å². The van der Waals surface area contributed by atoms with Gasteiger partial charge >= 0.3 is 0 Å². The minimum atomic E-state index is -0.264. The summed E-state index contributed by atoms with van der Waals surface area (Å²) in [6, 6.07) is 8.71. The molecular formula is C20H31NO4. The summed E-state index contributed by atoms with van der Waals surface area (Å²) in [5, 5.41) is 22.5. The SMILES string of the molecule is OCC1(CO)CCC(NCc2ccc(OCC3CCCO3)cc2)CC1. The quantitative estimate of drug-likeness (QED) is 0.671. The van der Waals surface area contributed by atoms with Crippen LogP contribution in [-0.2, 0) is 11.3 Å². The second-order valence-corrected chi connectivity index (χ2v) is 7.56. The number of benzene rings is 1. The van der Waals surface area contributed by atoms with Crippen molar-refractivity contribution < 1.29 is 19.7 Å². The van der Waals surface area contributed by atoms with Crippen LogP contribution < -0.4 is 10.1 Å². The van der Waals surface area contributed by atoms with Gasteiger partial charge in [-0.3, -0.25) is 0 Å². The Morgan fingerprint density at radius 2 is 1.80 bits per heavy atom. The molecule has 1 aliphatic heterocycles. The molecule has 1 atom stereocenters. The average molecular weight is 349 g/mol. The topological polar surface area (TPSA) is 71.0 Å². The van der Waals surface area contributed by atoms with Crippen LogP contribution in [0.2, 0.25) is 0 Å². The number of ether oxygens (including phenoxy) is 2. The van der Waals surface area contributed by atoms with E-state index in [2.05, 4.69) is 17.4 Å². The zero-order valence-corrected chi connectivity index (χ0v) is 15.0. The Bertz CT molecular complexity index is 499. The lowest BCUT2D eigenvalue weighted by molar-refractivity contribution is 0.0161. The fourth-order valence-corrected chi connectivity index (χ4v) is 3.73. The van der Waals surface area contributed by atoms with Crippen LogP contribution in [0.1, 0.15) is 44.1 Å². The summed E-state index contributed by atoms with van der Waals surface area (Å²) < 4.78 is 11.4. The highest BCUT2D eigenvalue weighted by atomic mass is 16.5. The predicted molar refractivity (Wildman–Crippen MR) is 96.6 cm³/mol. The number of hydrogen-bond donors (Lipinski definition) is 3. The number of aliphatic hydroxyl groups excluding tert-OH is 2. The van der Waals surface area contributed by atoms with E-state index in [9.17, 15) is 10.2 Å². The van der Waals surface area contributed by atoms with Gasteiger partial charge in [0.15, 0.2) is 0 Å². The van der Waals surface area contributed by atoms with E-state index < -0.39 is 0 Å². The molecule has 0 bridgehead atoms. The van der Waals surface area contributed by atoms with Crippen LogP contribution in [0, 0.1) is 5.41 Å². The summed E-state index contributed by atoms with van der Waals surface area (Å²) in [5.41, 5.74) is 0.978. The largest absolute Gasteiger partial charge is 0.491 e. The fourth-order valence-electron chi connectivity index (χ4n) is 3.73. The molecule has 1 aromatic rings. The maximum absolute atomic E-state index is 9.47. The Balaban J connectivity index is 1.38. The maximum atomic E-state index is 9.47. The van der Waals surface area contributed by atoms with Crippen LogP contribution in [0.4, 0.5) is 0 Å². The first kappa shape index (κ1) is 18.6. The third-order valence-electron chi connectivity index (χ3n) is 5.70. The first-order chi connectivity index (χ1) is 12.2. The summed E-state index contributed by atoms with van der Waals surface area (Å²) in [4.78, 5) is 0. The molecule has 1 heterocycles. The molecule has 5 nitrogen and oxygen atoms in total. The lowest BCUT2D eigenvalue weighted by Crippen LogP contribution is -2.41. The van der Waals surface area contributed by atoms with Crippen molar-refractivity contribution >= 4 is 0 Å². The summed E-state index contributed by atoms with van der Waals surface area (Å²) in [7, 11) is 0. The smallest absolute Gasteiger partial charge is 0.119 e. The van der Waals surface area contributed by atoms with E-state index in [4.69, 9.17) is 9.47 Å². The number of nitrogens with one attached hydrogen (secondary N) is 1. The van der Waals surface area contributed by atoms with Crippen molar-refractivity contribution in [3.63, 3.8) is 0 Å². The van der Waals surface area contributed by atoms with E-state index in [0.29, 0.717) is 12.6 Å². The Morgan fingerprint density at radius 1 is 1.08 bits per heavy atom. The summed E-state index contributed by atoms with van der Waals surface area (Å²) >= 11 is 0. The molecule has 0 aromatic heterocycles. The van der Waals surface area contributed by atoms with Gasteiger partial charge in [-0.05, 0) is 56.2 Å². The van der Waals surface area contributed by atoms with Crippen molar-refractivity contribution in [2.24, 2.45) is 5.41 Å². The zero-order chi connectivity index (χ0) is 17.5. The number of aliphatic hydroxyl groups is 2. The Kier molecular flexibility index (Phi) is 6.70. The molecule has 2 fully saturated rings. The molecule has 1 aromatic carbocycles. The normalized spacial score (nSPS) is 23.7. The molecule has 0 amide bonds. The van der Waals surface area contributed by atoms with Crippen molar-refractivity contribution in [1.82, 2.24) is 5.32 Å². The second-order valence-electron chi connectivity index (χ2n) is 7.56. The van der Waals surface area contributed by atoms with Crippen LogP contribution in [0.25, 0.3) is 0 Å². The third-order valence-corrected chi connectivity index (χ3v) is 5.70. The van der Waals surface area contributed by atoms with Crippen LogP contribution >= 0.6 is 0 Å². The van der Waals surface area contributed by atoms with Gasteiger partial charge in [0.25, 0.3) is 0 Å². The lowest BCUT2D eigenvalue weighted by atomic mass is 9.73. The molecule has 1 saturated heterocycles. The molecule has 0 radical (unpaired) electrons. The van der Waals surface area contributed by atoms with Crippen molar-refractivity contribution in [2.45, 2.75) is 57.2 Å². The molecule has 3 N–H and O–H groups in total. The third kappa shape index (κ3) is 5.17. The van der Waals surface area contributed by atoms with Gasteiger partial charge in [0.05, 0.1) is 19.3 Å². The molecule has 140 valence electrons. The molecule has 25 heavy (non-hydrogen) atoms. The highest BCUT2D eigenvalue weighted by Gasteiger charge is 2.34. The monoisotopic (exact) mass is 349 g/mol. The molecule has 0 spiro atoms.